The van der Waals surface area contributed by atoms with E-state index in [2.05, 4.69) is 35.2 Å². The second-order valence-electron chi connectivity index (χ2n) is 4.88. The van der Waals surface area contributed by atoms with Gasteiger partial charge in [0.1, 0.15) is 5.82 Å². The number of pyridine rings is 1. The fraction of sp³-hybridized carbons (Fsp3) is 0.643. The van der Waals surface area contributed by atoms with Crippen molar-refractivity contribution in [2.24, 2.45) is 0 Å². The van der Waals surface area contributed by atoms with Gasteiger partial charge in [-0.1, -0.05) is 6.07 Å². The molecule has 4 nitrogen and oxygen atoms in total. The maximum absolute atomic E-state index is 5.43. The minimum Gasteiger partial charge on any atom is -0.381 e. The summed E-state index contributed by atoms with van der Waals surface area (Å²) in [6.07, 6.45) is 4.04. The smallest absolute Gasteiger partial charge is 0.133 e. The number of ether oxygens (including phenoxy) is 1. The Morgan fingerprint density at radius 3 is 2.83 bits per heavy atom. The van der Waals surface area contributed by atoms with Crippen LogP contribution in [0.3, 0.4) is 0 Å². The fourth-order valence-corrected chi connectivity index (χ4v) is 2.44. The van der Waals surface area contributed by atoms with E-state index in [1.165, 1.54) is 5.56 Å². The van der Waals surface area contributed by atoms with Crippen LogP contribution < -0.4 is 10.2 Å². The van der Waals surface area contributed by atoms with Crippen LogP contribution in [0, 0.1) is 0 Å². The molecule has 0 aromatic carbocycles. The third-order valence-corrected chi connectivity index (χ3v) is 3.79. The number of anilines is 1. The first-order chi connectivity index (χ1) is 8.74. The minimum absolute atomic E-state index is 0.316. The van der Waals surface area contributed by atoms with Gasteiger partial charge in [0, 0.05) is 44.1 Å². The van der Waals surface area contributed by atoms with Crippen molar-refractivity contribution < 1.29 is 4.74 Å². The topological polar surface area (TPSA) is 37.4 Å². The van der Waals surface area contributed by atoms with E-state index in [1.54, 1.807) is 0 Å². The van der Waals surface area contributed by atoms with E-state index in [0.29, 0.717) is 12.1 Å². The maximum atomic E-state index is 5.43. The average Bonchev–Trinajstić information content (AvgIpc) is 2.46. The van der Waals surface area contributed by atoms with E-state index in [0.717, 1.165) is 31.9 Å². The molecule has 1 aromatic heterocycles. The van der Waals surface area contributed by atoms with Gasteiger partial charge in [0.2, 0.25) is 0 Å². The van der Waals surface area contributed by atoms with Crippen LogP contribution in [0.1, 0.15) is 31.4 Å². The summed E-state index contributed by atoms with van der Waals surface area (Å²) in [6.45, 7) is 3.88. The maximum Gasteiger partial charge on any atom is 0.133 e. The quantitative estimate of drug-likeness (QED) is 0.885. The normalized spacial score (nSPS) is 18.6. The molecule has 1 aliphatic heterocycles. The third-order valence-electron chi connectivity index (χ3n) is 3.79. The average molecular weight is 249 g/mol. The molecule has 1 unspecified atom stereocenters. The molecule has 0 saturated carbocycles. The molecule has 1 N–H and O–H groups in total. The van der Waals surface area contributed by atoms with Gasteiger partial charge in [-0.3, -0.25) is 0 Å². The van der Waals surface area contributed by atoms with E-state index in [4.69, 9.17) is 4.74 Å². The zero-order chi connectivity index (χ0) is 13.0. The van der Waals surface area contributed by atoms with Crippen LogP contribution in [0.15, 0.2) is 18.3 Å². The van der Waals surface area contributed by atoms with Crippen LogP contribution in [-0.4, -0.2) is 38.3 Å². The summed E-state index contributed by atoms with van der Waals surface area (Å²) in [6, 6.07) is 5.01. The standard InChI is InChI=1S/C14H23N3O/c1-11(15-2)13-5-4-8-16-14(13)17(3)12-6-9-18-10-7-12/h4-5,8,11-12,15H,6-7,9-10H2,1-3H3. The van der Waals surface area contributed by atoms with Gasteiger partial charge in [0.25, 0.3) is 0 Å². The highest BCUT2D eigenvalue weighted by atomic mass is 16.5. The summed E-state index contributed by atoms with van der Waals surface area (Å²) in [5.74, 6) is 1.09. The molecule has 4 heteroatoms. The van der Waals surface area contributed by atoms with Crippen molar-refractivity contribution in [2.75, 3.05) is 32.2 Å². The van der Waals surface area contributed by atoms with Crippen molar-refractivity contribution >= 4 is 5.82 Å². The van der Waals surface area contributed by atoms with Crippen molar-refractivity contribution in [3.63, 3.8) is 0 Å². The van der Waals surface area contributed by atoms with Gasteiger partial charge >= 0.3 is 0 Å². The summed E-state index contributed by atoms with van der Waals surface area (Å²) in [5.41, 5.74) is 1.26. The number of nitrogens with zero attached hydrogens (tertiary/aromatic N) is 2. The zero-order valence-corrected chi connectivity index (χ0v) is 11.5. The lowest BCUT2D eigenvalue weighted by Gasteiger charge is -2.33. The van der Waals surface area contributed by atoms with Gasteiger partial charge < -0.3 is 15.0 Å². The molecule has 18 heavy (non-hydrogen) atoms. The van der Waals surface area contributed by atoms with E-state index < -0.39 is 0 Å². The Hall–Kier alpha value is -1.13. The van der Waals surface area contributed by atoms with Crippen LogP contribution in [0.5, 0.6) is 0 Å². The molecule has 0 spiro atoms. The van der Waals surface area contributed by atoms with Gasteiger partial charge in [-0.2, -0.15) is 0 Å². The Bertz CT molecular complexity index is 377. The minimum atomic E-state index is 0.316. The zero-order valence-electron chi connectivity index (χ0n) is 11.5. The molecule has 0 bridgehead atoms. The van der Waals surface area contributed by atoms with Crippen molar-refractivity contribution in [3.05, 3.63) is 23.9 Å². The molecule has 1 aliphatic rings. The molecule has 1 saturated heterocycles. The Morgan fingerprint density at radius 2 is 2.17 bits per heavy atom. The lowest BCUT2D eigenvalue weighted by atomic mass is 10.0. The highest BCUT2D eigenvalue weighted by Gasteiger charge is 2.22. The molecular formula is C14H23N3O. The summed E-state index contributed by atoms with van der Waals surface area (Å²) in [5, 5.41) is 3.29. The molecule has 100 valence electrons. The van der Waals surface area contributed by atoms with Gasteiger partial charge in [-0.05, 0) is 32.9 Å². The van der Waals surface area contributed by atoms with Crippen LogP contribution >= 0.6 is 0 Å². The van der Waals surface area contributed by atoms with Crippen LogP contribution in [-0.2, 0) is 4.74 Å². The Morgan fingerprint density at radius 1 is 1.44 bits per heavy atom. The predicted molar refractivity (Wildman–Crippen MR) is 74.0 cm³/mol. The Labute approximate surface area is 109 Å². The molecule has 0 radical (unpaired) electrons. The second kappa shape index (κ2) is 6.16. The largest absolute Gasteiger partial charge is 0.381 e. The van der Waals surface area contributed by atoms with Gasteiger partial charge in [-0.25, -0.2) is 4.98 Å². The van der Waals surface area contributed by atoms with E-state index in [1.807, 2.05) is 19.3 Å². The van der Waals surface area contributed by atoms with Crippen molar-refractivity contribution in [2.45, 2.75) is 31.8 Å². The molecule has 1 fully saturated rings. The first-order valence-electron chi connectivity index (χ1n) is 6.66. The first-order valence-corrected chi connectivity index (χ1v) is 6.66. The van der Waals surface area contributed by atoms with Crippen LogP contribution in [0.4, 0.5) is 5.82 Å². The van der Waals surface area contributed by atoms with Gasteiger partial charge in [0.05, 0.1) is 0 Å². The number of rotatable bonds is 4. The molecule has 1 atom stereocenters. The van der Waals surface area contributed by atoms with E-state index in [-0.39, 0.29) is 0 Å². The lowest BCUT2D eigenvalue weighted by molar-refractivity contribution is 0.0853. The summed E-state index contributed by atoms with van der Waals surface area (Å²) in [4.78, 5) is 6.88. The molecule has 0 aliphatic carbocycles. The van der Waals surface area contributed by atoms with Gasteiger partial charge in [0.15, 0.2) is 0 Å². The second-order valence-corrected chi connectivity index (χ2v) is 4.88. The van der Waals surface area contributed by atoms with E-state index >= 15 is 0 Å². The molecule has 2 heterocycles. The summed E-state index contributed by atoms with van der Waals surface area (Å²) >= 11 is 0. The fourth-order valence-electron chi connectivity index (χ4n) is 2.44. The molecular weight excluding hydrogens is 226 g/mol. The van der Waals surface area contributed by atoms with E-state index in [9.17, 15) is 0 Å². The van der Waals surface area contributed by atoms with Crippen molar-refractivity contribution in [1.82, 2.24) is 10.3 Å². The predicted octanol–water partition coefficient (Wildman–Crippen LogP) is 1.98. The van der Waals surface area contributed by atoms with Crippen LogP contribution in [0.25, 0.3) is 0 Å². The molecule has 2 rings (SSSR count). The van der Waals surface area contributed by atoms with Crippen molar-refractivity contribution in [1.29, 1.82) is 0 Å². The molecule has 1 aromatic rings. The molecule has 0 amide bonds. The Kier molecular flexibility index (Phi) is 4.55. The SMILES string of the molecule is CNC(C)c1cccnc1N(C)C1CCOCC1. The number of hydrogen-bond donors (Lipinski definition) is 1. The summed E-state index contributed by atoms with van der Waals surface area (Å²) < 4.78 is 5.43. The van der Waals surface area contributed by atoms with Gasteiger partial charge in [-0.15, -0.1) is 0 Å². The highest BCUT2D eigenvalue weighted by Crippen LogP contribution is 2.26. The Balaban J connectivity index is 2.20. The highest BCUT2D eigenvalue weighted by molar-refractivity contribution is 5.48. The van der Waals surface area contributed by atoms with Crippen LogP contribution in [0.2, 0.25) is 0 Å². The van der Waals surface area contributed by atoms with Crippen molar-refractivity contribution in [3.8, 4) is 0 Å². The monoisotopic (exact) mass is 249 g/mol. The number of aromatic nitrogens is 1. The first kappa shape index (κ1) is 13.3. The number of hydrogen-bond acceptors (Lipinski definition) is 4. The number of nitrogens with one attached hydrogen (secondary N) is 1. The third kappa shape index (κ3) is 2.82. The summed E-state index contributed by atoms with van der Waals surface area (Å²) in [7, 11) is 4.13. The lowest BCUT2D eigenvalue weighted by Crippen LogP contribution is -2.38.